The number of aryl methyl sites for hydroxylation is 1. The van der Waals surface area contributed by atoms with Gasteiger partial charge in [0.1, 0.15) is 21.2 Å². The van der Waals surface area contributed by atoms with Crippen LogP contribution in [0.15, 0.2) is 79.7 Å². The number of nitrogens with zero attached hydrogens (tertiary/aromatic N) is 6. The molecule has 1 aromatic heterocycles. The number of nitrogens with one attached hydrogen (secondary N) is 2. The van der Waals surface area contributed by atoms with E-state index in [1.807, 2.05) is 13.0 Å². The number of azo groups is 1. The minimum absolute atomic E-state index is 0.0306. The Morgan fingerprint density at radius 1 is 0.870 bits per heavy atom. The van der Waals surface area contributed by atoms with Crippen LogP contribution < -0.4 is 16.5 Å². The number of benzene rings is 3. The number of anilines is 4. The molecular formula is C26H19Cl2N9O7S2. The quantitative estimate of drug-likeness (QED) is 0.0668. The van der Waals surface area contributed by atoms with Gasteiger partial charge in [-0.1, -0.05) is 18.2 Å². The molecule has 0 radical (unpaired) electrons. The first kappa shape index (κ1) is 32.5. The van der Waals surface area contributed by atoms with Gasteiger partial charge in [-0.15, -0.1) is 5.11 Å². The van der Waals surface area contributed by atoms with Gasteiger partial charge in [0.25, 0.3) is 20.2 Å². The van der Waals surface area contributed by atoms with E-state index in [9.17, 15) is 30.7 Å². The molecule has 6 N–H and O–H groups in total. The second kappa shape index (κ2) is 12.5. The molecule has 0 fully saturated rings. The van der Waals surface area contributed by atoms with Crippen LogP contribution in [0.3, 0.4) is 0 Å². The van der Waals surface area contributed by atoms with E-state index >= 15 is 0 Å². The Morgan fingerprint density at radius 2 is 1.57 bits per heavy atom. The number of fused-ring (bicyclic) bond motifs is 1. The molecule has 5 rings (SSSR count). The summed E-state index contributed by atoms with van der Waals surface area (Å²) in [5, 5.41) is 14.2. The third-order valence-electron chi connectivity index (χ3n) is 6.15. The monoisotopic (exact) mass is 703 g/mol. The van der Waals surface area contributed by atoms with E-state index in [1.54, 1.807) is 18.2 Å². The first-order valence-electron chi connectivity index (χ1n) is 12.5. The van der Waals surface area contributed by atoms with Crippen molar-refractivity contribution in [3.8, 4) is 0 Å². The number of carbonyl (C=O) groups is 1. The van der Waals surface area contributed by atoms with Gasteiger partial charge < -0.3 is 11.1 Å². The lowest BCUT2D eigenvalue weighted by atomic mass is 9.92. The Hall–Kier alpha value is -4.85. The zero-order valence-corrected chi connectivity index (χ0v) is 26.2. The van der Waals surface area contributed by atoms with Crippen LogP contribution in [0.1, 0.15) is 21.5 Å². The molecule has 236 valence electrons. The standard InChI is InChI=1S/C26H19Cl2N9O7S2/c1-12-3-2-4-15(9-12)34-37-22-19(46(42,43)44)10-13-5-7-16(23(38)20(13)21(22)29)35-36-17-11-14(6-8-18(17)45(39,40)41)30-26-32-24(27)31-25(28)33-26/h2-11,36H,29H2,1H3,(H,39,40,41)(H,42,43,44)(H,30,31,32,33)/b35-16-,37-34+. The summed E-state index contributed by atoms with van der Waals surface area (Å²) in [4.78, 5) is 23.6. The fraction of sp³-hybridized carbons (Fsp3) is 0.0385. The molecular weight excluding hydrogens is 685 g/mol. The molecule has 0 spiro atoms. The molecule has 0 saturated heterocycles. The van der Waals surface area contributed by atoms with Crippen molar-refractivity contribution < 1.29 is 30.7 Å². The topological polar surface area (TPSA) is 252 Å². The Morgan fingerprint density at radius 3 is 2.22 bits per heavy atom. The molecule has 0 amide bonds. The van der Waals surface area contributed by atoms with E-state index in [-0.39, 0.29) is 44.7 Å². The van der Waals surface area contributed by atoms with Gasteiger partial charge in [0.2, 0.25) is 22.3 Å². The highest BCUT2D eigenvalue weighted by Crippen LogP contribution is 2.39. The number of nitrogen functional groups attached to an aromatic ring is 1. The molecule has 1 aliphatic carbocycles. The van der Waals surface area contributed by atoms with Gasteiger partial charge in [0.05, 0.1) is 22.6 Å². The highest BCUT2D eigenvalue weighted by molar-refractivity contribution is 7.86. The number of hydrogen-bond acceptors (Lipinski definition) is 14. The zero-order valence-electron chi connectivity index (χ0n) is 23.0. The van der Waals surface area contributed by atoms with Gasteiger partial charge in [-0.05, 0) is 83.7 Å². The predicted molar refractivity (Wildman–Crippen MR) is 170 cm³/mol. The molecule has 1 aliphatic rings. The van der Waals surface area contributed by atoms with Crippen molar-refractivity contribution in [2.75, 3.05) is 16.5 Å². The Bertz CT molecular complexity index is 2220. The summed E-state index contributed by atoms with van der Waals surface area (Å²) in [5.41, 5.74) is 8.41. The van der Waals surface area contributed by atoms with E-state index in [4.69, 9.17) is 28.9 Å². The summed E-state index contributed by atoms with van der Waals surface area (Å²) in [5.74, 6) is -0.896. The number of hydrazone groups is 1. The fourth-order valence-corrected chi connectivity index (χ4v) is 5.84. The molecule has 0 unspecified atom stereocenters. The molecule has 0 aliphatic heterocycles. The maximum absolute atomic E-state index is 13.5. The maximum Gasteiger partial charge on any atom is 0.296 e. The maximum atomic E-state index is 13.5. The predicted octanol–water partition coefficient (Wildman–Crippen LogP) is 5.40. The van der Waals surface area contributed by atoms with Crippen molar-refractivity contribution in [3.05, 3.63) is 81.9 Å². The zero-order chi connectivity index (χ0) is 33.4. The molecule has 46 heavy (non-hydrogen) atoms. The lowest BCUT2D eigenvalue weighted by Crippen LogP contribution is -2.21. The third kappa shape index (κ3) is 7.17. The van der Waals surface area contributed by atoms with Crippen LogP contribution in [0.4, 0.5) is 34.4 Å². The first-order valence-corrected chi connectivity index (χ1v) is 16.2. The van der Waals surface area contributed by atoms with Crippen molar-refractivity contribution in [2.45, 2.75) is 16.7 Å². The average molecular weight is 705 g/mol. The lowest BCUT2D eigenvalue weighted by Gasteiger charge is -2.17. The number of hydrogen-bond donors (Lipinski definition) is 5. The average Bonchev–Trinajstić information content (AvgIpc) is 2.94. The smallest absolute Gasteiger partial charge is 0.296 e. The van der Waals surface area contributed by atoms with Crippen LogP contribution in [-0.4, -0.2) is 52.4 Å². The molecule has 0 atom stereocenters. The SMILES string of the molecule is Cc1cccc(/N=N/c2c(S(=O)(=O)O)cc3c(c2N)C(=O)/C(=N\Nc2cc(Nc4nc(Cl)nc(Cl)n4)ccc2S(=O)(=O)O)C=C3)c1. The summed E-state index contributed by atoms with van der Waals surface area (Å²) in [7, 11) is -9.65. The molecule has 16 nitrogen and oxygen atoms in total. The van der Waals surface area contributed by atoms with Gasteiger partial charge in [-0.3, -0.25) is 19.3 Å². The highest BCUT2D eigenvalue weighted by atomic mass is 35.5. The van der Waals surface area contributed by atoms with Crippen LogP contribution in [0.25, 0.3) is 6.08 Å². The Labute approximate surface area is 270 Å². The molecule has 0 bridgehead atoms. The van der Waals surface area contributed by atoms with E-state index in [0.717, 1.165) is 17.7 Å². The number of carbonyl (C=O) groups excluding carboxylic acids is 1. The number of nitrogens with two attached hydrogens (primary N) is 1. The fourth-order valence-electron chi connectivity index (χ4n) is 4.18. The largest absolute Gasteiger partial charge is 0.396 e. The summed E-state index contributed by atoms with van der Waals surface area (Å²) in [6.07, 6.45) is 2.50. The van der Waals surface area contributed by atoms with Crippen LogP contribution in [-0.2, 0) is 20.2 Å². The van der Waals surface area contributed by atoms with Gasteiger partial charge in [0, 0.05) is 5.69 Å². The van der Waals surface area contributed by atoms with Crippen LogP contribution in [0.5, 0.6) is 0 Å². The van der Waals surface area contributed by atoms with Crippen molar-refractivity contribution in [1.82, 2.24) is 15.0 Å². The third-order valence-corrected chi connectivity index (χ3v) is 8.27. The summed E-state index contributed by atoms with van der Waals surface area (Å²) < 4.78 is 68.2. The van der Waals surface area contributed by atoms with Crippen molar-refractivity contribution in [1.29, 1.82) is 0 Å². The van der Waals surface area contributed by atoms with Gasteiger partial charge in [0.15, 0.2) is 0 Å². The molecule has 20 heteroatoms. The number of halogens is 2. The van der Waals surface area contributed by atoms with Crippen molar-refractivity contribution >= 4 is 95.4 Å². The van der Waals surface area contributed by atoms with E-state index in [2.05, 4.69) is 41.0 Å². The number of aromatic nitrogens is 3. The number of allylic oxidation sites excluding steroid dienone is 1. The van der Waals surface area contributed by atoms with E-state index in [1.165, 1.54) is 24.3 Å². The normalized spacial score (nSPS) is 14.1. The van der Waals surface area contributed by atoms with Gasteiger partial charge >= 0.3 is 0 Å². The van der Waals surface area contributed by atoms with Gasteiger partial charge in [-0.2, -0.15) is 42.0 Å². The molecule has 1 heterocycles. The second-order valence-electron chi connectivity index (χ2n) is 9.39. The Kier molecular flexibility index (Phi) is 8.85. The second-order valence-corrected chi connectivity index (χ2v) is 12.9. The number of ketones is 1. The minimum Gasteiger partial charge on any atom is -0.396 e. The summed E-state index contributed by atoms with van der Waals surface area (Å²) >= 11 is 11.6. The van der Waals surface area contributed by atoms with Crippen LogP contribution in [0.2, 0.25) is 10.6 Å². The number of Topliss-reactive ketones (excluding diaryl/α,β-unsaturated/α-hetero) is 1. The van der Waals surface area contributed by atoms with E-state index < -0.39 is 47.2 Å². The highest BCUT2D eigenvalue weighted by Gasteiger charge is 2.30. The summed E-state index contributed by atoms with van der Waals surface area (Å²) in [6, 6.07) is 11.3. The molecule has 0 saturated carbocycles. The van der Waals surface area contributed by atoms with E-state index in [0.29, 0.717) is 5.69 Å². The Balaban J connectivity index is 1.53. The van der Waals surface area contributed by atoms with Crippen LogP contribution in [0, 0.1) is 6.92 Å². The van der Waals surface area contributed by atoms with Crippen LogP contribution >= 0.6 is 23.2 Å². The summed E-state index contributed by atoms with van der Waals surface area (Å²) in [6.45, 7) is 1.81. The minimum atomic E-state index is -4.86. The van der Waals surface area contributed by atoms with Crippen molar-refractivity contribution in [2.24, 2.45) is 15.3 Å². The first-order chi connectivity index (χ1) is 21.6. The molecule has 3 aromatic carbocycles. The lowest BCUT2D eigenvalue weighted by molar-refractivity contribution is 0.106. The van der Waals surface area contributed by atoms with Crippen molar-refractivity contribution in [3.63, 3.8) is 0 Å². The van der Waals surface area contributed by atoms with Gasteiger partial charge in [-0.25, -0.2) is 0 Å². The number of rotatable bonds is 8. The molecule has 4 aromatic rings.